The zero-order valence-electron chi connectivity index (χ0n) is 13.2. The van der Waals surface area contributed by atoms with Crippen molar-refractivity contribution in [1.29, 1.82) is 0 Å². The van der Waals surface area contributed by atoms with Gasteiger partial charge in [0.25, 0.3) is 0 Å². The van der Waals surface area contributed by atoms with E-state index in [0.29, 0.717) is 5.92 Å². The number of nitrogens with zero attached hydrogens (tertiary/aromatic N) is 2. The average Bonchev–Trinajstić information content (AvgIpc) is 3.26. The molecule has 4 rings (SSSR count). The molecular formula is C18H22N4O. The molecule has 5 nitrogen and oxygen atoms in total. The van der Waals surface area contributed by atoms with Crippen LogP contribution in [0.3, 0.4) is 0 Å². The number of benzene rings is 1. The summed E-state index contributed by atoms with van der Waals surface area (Å²) in [4.78, 5) is 14.5. The van der Waals surface area contributed by atoms with Crippen molar-refractivity contribution in [2.75, 3.05) is 18.4 Å². The third-order valence-electron chi connectivity index (χ3n) is 5.02. The van der Waals surface area contributed by atoms with Crippen LogP contribution in [0.15, 0.2) is 30.5 Å². The minimum atomic E-state index is 0.00663. The summed E-state index contributed by atoms with van der Waals surface area (Å²) in [5, 5.41) is 10.1. The van der Waals surface area contributed by atoms with Gasteiger partial charge in [-0.1, -0.05) is 6.07 Å². The van der Waals surface area contributed by atoms with E-state index < -0.39 is 0 Å². The second-order valence-electron chi connectivity index (χ2n) is 6.56. The highest BCUT2D eigenvalue weighted by Gasteiger charge is 2.25. The van der Waals surface area contributed by atoms with Crippen LogP contribution >= 0.6 is 0 Å². The lowest BCUT2D eigenvalue weighted by molar-refractivity contribution is 0.192. The molecule has 1 saturated heterocycles. The lowest BCUT2D eigenvalue weighted by Gasteiger charge is -2.32. The normalized spacial score (nSPS) is 20.3. The molecule has 1 atom stereocenters. The first-order chi connectivity index (χ1) is 11.3. The summed E-state index contributed by atoms with van der Waals surface area (Å²) >= 11 is 0. The van der Waals surface area contributed by atoms with Crippen molar-refractivity contribution in [3.05, 3.63) is 47.3 Å². The SMILES string of the molecule is O=C(Nc1ccc2c(c1)CCC2)N1CCC[C@H](c2ccn[nH]2)C1. The summed E-state index contributed by atoms with van der Waals surface area (Å²) in [6.07, 6.45) is 7.43. The monoisotopic (exact) mass is 310 g/mol. The van der Waals surface area contributed by atoms with Crippen LogP contribution in [0.25, 0.3) is 0 Å². The molecule has 5 heteroatoms. The first-order valence-electron chi connectivity index (χ1n) is 8.46. The molecule has 1 aromatic heterocycles. The molecule has 0 bridgehead atoms. The molecular weight excluding hydrogens is 288 g/mol. The number of fused-ring (bicyclic) bond motifs is 1. The first kappa shape index (κ1) is 14.3. The maximum Gasteiger partial charge on any atom is 0.321 e. The number of anilines is 1. The Morgan fingerprint density at radius 1 is 1.22 bits per heavy atom. The number of carbonyl (C=O) groups is 1. The van der Waals surface area contributed by atoms with E-state index >= 15 is 0 Å². The smallest absolute Gasteiger partial charge is 0.321 e. The Hall–Kier alpha value is -2.30. The van der Waals surface area contributed by atoms with Gasteiger partial charge < -0.3 is 10.2 Å². The number of likely N-dealkylation sites (tertiary alicyclic amines) is 1. The Morgan fingerprint density at radius 2 is 2.13 bits per heavy atom. The number of amides is 2. The Balaban J connectivity index is 1.42. The Kier molecular flexibility index (Phi) is 3.77. The van der Waals surface area contributed by atoms with Crippen LogP contribution in [0.4, 0.5) is 10.5 Å². The van der Waals surface area contributed by atoms with E-state index in [1.807, 2.05) is 17.0 Å². The van der Waals surface area contributed by atoms with Crippen molar-refractivity contribution in [2.45, 2.75) is 38.0 Å². The number of urea groups is 1. The van der Waals surface area contributed by atoms with Crippen molar-refractivity contribution in [3.63, 3.8) is 0 Å². The summed E-state index contributed by atoms with van der Waals surface area (Å²) in [6, 6.07) is 8.33. The Bertz CT molecular complexity index is 695. The van der Waals surface area contributed by atoms with E-state index in [-0.39, 0.29) is 6.03 Å². The predicted molar refractivity (Wildman–Crippen MR) is 89.6 cm³/mol. The number of aromatic nitrogens is 2. The van der Waals surface area contributed by atoms with E-state index in [2.05, 4.69) is 27.6 Å². The number of carbonyl (C=O) groups excluding carboxylic acids is 1. The number of aryl methyl sites for hydroxylation is 2. The van der Waals surface area contributed by atoms with Gasteiger partial charge in [0.15, 0.2) is 0 Å². The highest BCUT2D eigenvalue weighted by atomic mass is 16.2. The van der Waals surface area contributed by atoms with Gasteiger partial charge in [-0.25, -0.2) is 4.79 Å². The second-order valence-corrected chi connectivity index (χ2v) is 6.56. The minimum absolute atomic E-state index is 0.00663. The summed E-state index contributed by atoms with van der Waals surface area (Å²) in [7, 11) is 0. The fourth-order valence-electron chi connectivity index (χ4n) is 3.76. The van der Waals surface area contributed by atoms with Crippen LogP contribution in [0.1, 0.15) is 42.0 Å². The van der Waals surface area contributed by atoms with E-state index in [9.17, 15) is 4.79 Å². The van der Waals surface area contributed by atoms with Gasteiger partial charge in [-0.2, -0.15) is 5.10 Å². The van der Waals surface area contributed by atoms with E-state index in [1.54, 1.807) is 6.20 Å². The fourth-order valence-corrected chi connectivity index (χ4v) is 3.76. The largest absolute Gasteiger partial charge is 0.324 e. The van der Waals surface area contributed by atoms with Crippen LogP contribution in [-0.4, -0.2) is 34.2 Å². The number of rotatable bonds is 2. The molecule has 23 heavy (non-hydrogen) atoms. The van der Waals surface area contributed by atoms with Crippen molar-refractivity contribution in [2.24, 2.45) is 0 Å². The molecule has 1 aliphatic heterocycles. The predicted octanol–water partition coefficient (Wildman–Crippen LogP) is 3.31. The number of nitrogens with one attached hydrogen (secondary N) is 2. The molecule has 1 aromatic carbocycles. The van der Waals surface area contributed by atoms with Gasteiger partial charge in [0.2, 0.25) is 0 Å². The summed E-state index contributed by atoms with van der Waals surface area (Å²) in [5.41, 5.74) is 4.86. The summed E-state index contributed by atoms with van der Waals surface area (Å²) in [5.74, 6) is 0.358. The van der Waals surface area contributed by atoms with Crippen LogP contribution in [-0.2, 0) is 12.8 Å². The molecule has 0 unspecified atom stereocenters. The lowest BCUT2D eigenvalue weighted by atomic mass is 9.95. The molecule has 2 aromatic rings. The van der Waals surface area contributed by atoms with Gasteiger partial charge in [0, 0.05) is 36.6 Å². The highest BCUT2D eigenvalue weighted by molar-refractivity contribution is 5.89. The molecule has 2 amide bonds. The standard InChI is InChI=1S/C18H22N4O/c23-18(20-16-7-6-13-3-1-4-14(13)11-16)22-10-2-5-15(12-22)17-8-9-19-21-17/h6-9,11,15H,1-5,10,12H2,(H,19,21)(H,20,23)/t15-/m0/s1. The zero-order chi connectivity index (χ0) is 15.6. The minimum Gasteiger partial charge on any atom is -0.324 e. The van der Waals surface area contributed by atoms with Crippen LogP contribution in [0, 0.1) is 0 Å². The quantitative estimate of drug-likeness (QED) is 0.894. The molecule has 1 fully saturated rings. The van der Waals surface area contributed by atoms with Gasteiger partial charge in [-0.3, -0.25) is 5.10 Å². The van der Waals surface area contributed by atoms with Gasteiger partial charge >= 0.3 is 6.03 Å². The van der Waals surface area contributed by atoms with E-state index in [0.717, 1.165) is 43.7 Å². The molecule has 0 spiro atoms. The number of hydrogen-bond acceptors (Lipinski definition) is 2. The summed E-state index contributed by atoms with van der Waals surface area (Å²) < 4.78 is 0. The molecule has 0 saturated carbocycles. The van der Waals surface area contributed by atoms with Crippen LogP contribution in [0.2, 0.25) is 0 Å². The number of piperidine rings is 1. The Labute approximate surface area is 136 Å². The van der Waals surface area contributed by atoms with E-state index in [4.69, 9.17) is 0 Å². The van der Waals surface area contributed by atoms with Gasteiger partial charge in [0.05, 0.1) is 0 Å². The van der Waals surface area contributed by atoms with Crippen molar-refractivity contribution in [1.82, 2.24) is 15.1 Å². The Morgan fingerprint density at radius 3 is 3.00 bits per heavy atom. The fraction of sp³-hybridized carbons (Fsp3) is 0.444. The maximum absolute atomic E-state index is 12.6. The number of aromatic amines is 1. The average molecular weight is 310 g/mol. The van der Waals surface area contributed by atoms with Crippen molar-refractivity contribution < 1.29 is 4.79 Å². The lowest BCUT2D eigenvalue weighted by Crippen LogP contribution is -2.41. The second kappa shape index (κ2) is 6.07. The maximum atomic E-state index is 12.6. The van der Waals surface area contributed by atoms with E-state index in [1.165, 1.54) is 24.0 Å². The van der Waals surface area contributed by atoms with Crippen LogP contribution < -0.4 is 5.32 Å². The molecule has 2 heterocycles. The molecule has 120 valence electrons. The third kappa shape index (κ3) is 2.96. The summed E-state index contributed by atoms with van der Waals surface area (Å²) in [6.45, 7) is 1.57. The van der Waals surface area contributed by atoms with Crippen molar-refractivity contribution in [3.8, 4) is 0 Å². The first-order valence-corrected chi connectivity index (χ1v) is 8.46. The number of hydrogen-bond donors (Lipinski definition) is 2. The van der Waals surface area contributed by atoms with Gasteiger partial charge in [0.1, 0.15) is 0 Å². The van der Waals surface area contributed by atoms with Crippen LogP contribution in [0.5, 0.6) is 0 Å². The third-order valence-corrected chi connectivity index (χ3v) is 5.02. The highest BCUT2D eigenvalue weighted by Crippen LogP contribution is 2.27. The zero-order valence-corrected chi connectivity index (χ0v) is 13.2. The van der Waals surface area contributed by atoms with Crippen molar-refractivity contribution >= 4 is 11.7 Å². The van der Waals surface area contributed by atoms with Gasteiger partial charge in [-0.15, -0.1) is 0 Å². The molecule has 1 aliphatic carbocycles. The van der Waals surface area contributed by atoms with Gasteiger partial charge in [-0.05, 0) is 61.4 Å². The topological polar surface area (TPSA) is 61.0 Å². The molecule has 2 N–H and O–H groups in total. The molecule has 2 aliphatic rings. The molecule has 0 radical (unpaired) electrons. The number of H-pyrrole nitrogens is 1.